The van der Waals surface area contributed by atoms with Crippen LogP contribution in [0, 0.1) is 5.92 Å². The lowest BCUT2D eigenvalue weighted by Gasteiger charge is -2.07. The minimum Gasteiger partial charge on any atom is -0.466 e. The van der Waals surface area contributed by atoms with Crippen molar-refractivity contribution >= 4 is 5.97 Å². The van der Waals surface area contributed by atoms with Crippen LogP contribution in [-0.2, 0) is 9.53 Å². The van der Waals surface area contributed by atoms with Crippen LogP contribution in [0.15, 0.2) is 12.2 Å². The second-order valence-electron chi connectivity index (χ2n) is 15.3. The molecule has 0 fully saturated rings. The lowest BCUT2D eigenvalue weighted by molar-refractivity contribution is -0.143. The number of esters is 1. The third-order valence-electron chi connectivity index (χ3n) is 10.4. The van der Waals surface area contributed by atoms with Gasteiger partial charge in [0.1, 0.15) is 0 Å². The van der Waals surface area contributed by atoms with E-state index in [-0.39, 0.29) is 5.97 Å². The van der Waals surface area contributed by atoms with Gasteiger partial charge >= 0.3 is 5.97 Å². The van der Waals surface area contributed by atoms with Gasteiger partial charge in [-0.15, -0.1) is 0 Å². The molecule has 0 saturated heterocycles. The highest BCUT2D eigenvalue weighted by molar-refractivity contribution is 5.69. The Labute approximate surface area is 297 Å². The number of allylic oxidation sites excluding steroid dienone is 2. The van der Waals surface area contributed by atoms with Gasteiger partial charge in [-0.1, -0.05) is 226 Å². The predicted molar refractivity (Wildman–Crippen MR) is 211 cm³/mol. The van der Waals surface area contributed by atoms with Gasteiger partial charge < -0.3 is 4.74 Å². The molecule has 280 valence electrons. The summed E-state index contributed by atoms with van der Waals surface area (Å²) in [7, 11) is 0. The molecular formula is C45H88O2. The second kappa shape index (κ2) is 41.4. The van der Waals surface area contributed by atoms with Crippen LogP contribution in [0.4, 0.5) is 0 Å². The molecular weight excluding hydrogens is 572 g/mol. The van der Waals surface area contributed by atoms with Gasteiger partial charge in [-0.3, -0.25) is 4.79 Å². The van der Waals surface area contributed by atoms with Crippen LogP contribution in [0.5, 0.6) is 0 Å². The first-order valence-electron chi connectivity index (χ1n) is 22.0. The Balaban J connectivity index is 3.17. The number of rotatable bonds is 40. The van der Waals surface area contributed by atoms with Gasteiger partial charge in [0.25, 0.3) is 0 Å². The summed E-state index contributed by atoms with van der Waals surface area (Å²) in [4.78, 5) is 12.0. The quantitative estimate of drug-likeness (QED) is 0.0371. The van der Waals surface area contributed by atoms with E-state index in [9.17, 15) is 4.79 Å². The van der Waals surface area contributed by atoms with E-state index in [2.05, 4.69) is 32.9 Å². The maximum atomic E-state index is 12.0. The lowest BCUT2D eigenvalue weighted by atomic mass is 9.99. The van der Waals surface area contributed by atoms with E-state index in [1.54, 1.807) is 0 Å². The highest BCUT2D eigenvalue weighted by Gasteiger charge is 2.03. The number of ether oxygens (including phenoxy) is 1. The summed E-state index contributed by atoms with van der Waals surface area (Å²) in [5.74, 6) is 0.955. The molecule has 1 unspecified atom stereocenters. The monoisotopic (exact) mass is 661 g/mol. The summed E-state index contributed by atoms with van der Waals surface area (Å²) >= 11 is 0. The van der Waals surface area contributed by atoms with Crippen molar-refractivity contribution in [1.82, 2.24) is 0 Å². The first-order valence-corrected chi connectivity index (χ1v) is 22.0. The Kier molecular flexibility index (Phi) is 40.7. The van der Waals surface area contributed by atoms with E-state index in [1.165, 1.54) is 212 Å². The zero-order chi connectivity index (χ0) is 34.1. The van der Waals surface area contributed by atoms with Crippen molar-refractivity contribution < 1.29 is 9.53 Å². The van der Waals surface area contributed by atoms with Gasteiger partial charge in [0.05, 0.1) is 6.61 Å². The van der Waals surface area contributed by atoms with Crippen molar-refractivity contribution in [2.45, 2.75) is 258 Å². The first-order chi connectivity index (χ1) is 23.2. The predicted octanol–water partition coefficient (Wildman–Crippen LogP) is 16.2. The molecule has 1 atom stereocenters. The topological polar surface area (TPSA) is 26.3 Å². The fraction of sp³-hybridized carbons (Fsp3) is 0.933. The molecule has 47 heavy (non-hydrogen) atoms. The molecule has 0 aromatic heterocycles. The van der Waals surface area contributed by atoms with Gasteiger partial charge in [-0.25, -0.2) is 0 Å². The van der Waals surface area contributed by atoms with Crippen LogP contribution in [0.25, 0.3) is 0 Å². The maximum absolute atomic E-state index is 12.0. The lowest BCUT2D eigenvalue weighted by Crippen LogP contribution is -2.05. The average molecular weight is 661 g/mol. The molecule has 0 saturated carbocycles. The molecule has 0 rings (SSSR count). The zero-order valence-corrected chi connectivity index (χ0v) is 32.9. The molecule has 0 N–H and O–H groups in total. The minimum atomic E-state index is 0.0199. The van der Waals surface area contributed by atoms with E-state index in [0.717, 1.165) is 25.2 Å². The molecule has 0 heterocycles. The SMILES string of the molecule is CCCCCCCC/C=C\CCCCCCCC(=O)OCCCCCCCCCCCCCCCCCCCCCCCC(C)CC. The molecule has 0 aliphatic heterocycles. The third-order valence-corrected chi connectivity index (χ3v) is 10.4. The van der Waals surface area contributed by atoms with Gasteiger partial charge in [-0.2, -0.15) is 0 Å². The summed E-state index contributed by atoms with van der Waals surface area (Å²) < 4.78 is 5.47. The number of carbonyl (C=O) groups is 1. The molecule has 0 amide bonds. The highest BCUT2D eigenvalue weighted by Crippen LogP contribution is 2.17. The molecule has 0 aliphatic rings. The Bertz CT molecular complexity index is 611. The number of hydrogen-bond donors (Lipinski definition) is 0. The normalized spacial score (nSPS) is 12.3. The van der Waals surface area contributed by atoms with Crippen molar-refractivity contribution in [2.75, 3.05) is 6.61 Å². The first kappa shape index (κ1) is 46.2. The molecule has 0 radical (unpaired) electrons. The van der Waals surface area contributed by atoms with E-state index >= 15 is 0 Å². The van der Waals surface area contributed by atoms with Crippen LogP contribution in [0.3, 0.4) is 0 Å². The Hall–Kier alpha value is -0.790. The summed E-state index contributed by atoms with van der Waals surface area (Å²) in [6.45, 7) is 7.63. The number of hydrogen-bond acceptors (Lipinski definition) is 2. The Morgan fingerprint density at radius 1 is 0.447 bits per heavy atom. The molecule has 0 spiro atoms. The van der Waals surface area contributed by atoms with Crippen LogP contribution in [0.1, 0.15) is 258 Å². The van der Waals surface area contributed by atoms with Crippen molar-refractivity contribution in [2.24, 2.45) is 5.92 Å². The van der Waals surface area contributed by atoms with Crippen LogP contribution in [0.2, 0.25) is 0 Å². The summed E-state index contributed by atoms with van der Waals surface area (Å²) in [6.07, 6.45) is 54.5. The highest BCUT2D eigenvalue weighted by atomic mass is 16.5. The van der Waals surface area contributed by atoms with E-state index in [4.69, 9.17) is 4.74 Å². The van der Waals surface area contributed by atoms with Gasteiger partial charge in [-0.05, 0) is 44.4 Å². The maximum Gasteiger partial charge on any atom is 0.305 e. The van der Waals surface area contributed by atoms with Crippen molar-refractivity contribution in [3.8, 4) is 0 Å². The fourth-order valence-electron chi connectivity index (χ4n) is 6.76. The van der Waals surface area contributed by atoms with Crippen LogP contribution in [-0.4, -0.2) is 12.6 Å². The van der Waals surface area contributed by atoms with Crippen molar-refractivity contribution in [1.29, 1.82) is 0 Å². The molecule has 0 bridgehead atoms. The van der Waals surface area contributed by atoms with Crippen molar-refractivity contribution in [3.05, 3.63) is 12.2 Å². The van der Waals surface area contributed by atoms with Crippen molar-refractivity contribution in [3.63, 3.8) is 0 Å². The van der Waals surface area contributed by atoms with Crippen LogP contribution >= 0.6 is 0 Å². The Morgan fingerprint density at radius 3 is 1.19 bits per heavy atom. The second-order valence-corrected chi connectivity index (χ2v) is 15.3. The summed E-state index contributed by atoms with van der Waals surface area (Å²) in [5.41, 5.74) is 0. The van der Waals surface area contributed by atoms with Gasteiger partial charge in [0, 0.05) is 6.42 Å². The number of carbonyl (C=O) groups excluding carboxylic acids is 1. The molecule has 0 aromatic carbocycles. The molecule has 2 nitrogen and oxygen atoms in total. The Morgan fingerprint density at radius 2 is 0.787 bits per heavy atom. The van der Waals surface area contributed by atoms with E-state index in [1.807, 2.05) is 0 Å². The molecule has 0 aliphatic carbocycles. The van der Waals surface area contributed by atoms with Gasteiger partial charge in [0.15, 0.2) is 0 Å². The minimum absolute atomic E-state index is 0.0199. The van der Waals surface area contributed by atoms with Crippen LogP contribution < -0.4 is 0 Å². The third kappa shape index (κ3) is 41.3. The average Bonchev–Trinajstić information content (AvgIpc) is 3.08. The fourth-order valence-corrected chi connectivity index (χ4v) is 6.76. The largest absolute Gasteiger partial charge is 0.466 e. The molecule has 0 aromatic rings. The summed E-state index contributed by atoms with van der Waals surface area (Å²) in [5, 5.41) is 0. The zero-order valence-electron chi connectivity index (χ0n) is 32.9. The number of unbranched alkanes of at least 4 members (excludes halogenated alkanes) is 31. The molecule has 2 heteroatoms. The summed E-state index contributed by atoms with van der Waals surface area (Å²) in [6, 6.07) is 0. The van der Waals surface area contributed by atoms with Gasteiger partial charge in [0.2, 0.25) is 0 Å². The van der Waals surface area contributed by atoms with E-state index in [0.29, 0.717) is 13.0 Å². The van der Waals surface area contributed by atoms with E-state index < -0.39 is 0 Å². The standard InChI is InChI=1S/C45H88O2/c1-4-6-7-8-9-10-11-12-20-24-27-30-33-36-39-42-45(46)47-43-40-37-34-31-28-25-22-19-17-15-13-14-16-18-21-23-26-29-32-35-38-41-44(3)5-2/h12,20,44H,4-11,13-19,21-43H2,1-3H3/b20-12-. The smallest absolute Gasteiger partial charge is 0.305 e.